The summed E-state index contributed by atoms with van der Waals surface area (Å²) >= 11 is 0. The summed E-state index contributed by atoms with van der Waals surface area (Å²) in [6.07, 6.45) is -2.36. The molecule has 1 aliphatic heterocycles. The van der Waals surface area contributed by atoms with Crippen LogP contribution in [0.15, 0.2) is 11.6 Å². The van der Waals surface area contributed by atoms with E-state index >= 15 is 0 Å². The first-order chi connectivity index (χ1) is 8.34. The number of carbonyl (C=O) groups excluding carboxylic acids is 1. The molecule has 1 amide bonds. The van der Waals surface area contributed by atoms with E-state index in [0.29, 0.717) is 0 Å². The van der Waals surface area contributed by atoms with Gasteiger partial charge in [0.05, 0.1) is 6.54 Å². The summed E-state index contributed by atoms with van der Waals surface area (Å²) in [7, 11) is 0. The Morgan fingerprint density at radius 1 is 1.56 bits per heavy atom. The molecular weight excluding hydrogens is 245 g/mol. The number of alkyl halides is 3. The zero-order valence-corrected chi connectivity index (χ0v) is 10.7. The molecule has 1 heterocycles. The van der Waals surface area contributed by atoms with Crippen molar-refractivity contribution in [3.63, 3.8) is 0 Å². The number of nitrogens with one attached hydrogen (secondary N) is 1. The van der Waals surface area contributed by atoms with Gasteiger partial charge < -0.3 is 10.2 Å². The average Bonchev–Trinajstić information content (AvgIpc) is 2.34. The van der Waals surface area contributed by atoms with Gasteiger partial charge in [0.25, 0.3) is 0 Å². The predicted octanol–water partition coefficient (Wildman–Crippen LogP) is 2.10. The van der Waals surface area contributed by atoms with Crippen LogP contribution in [0.1, 0.15) is 26.7 Å². The Morgan fingerprint density at radius 3 is 2.67 bits per heavy atom. The normalized spacial score (nSPS) is 18.5. The highest BCUT2D eigenvalue weighted by Gasteiger charge is 2.35. The minimum atomic E-state index is -4.26. The fourth-order valence-corrected chi connectivity index (χ4v) is 1.67. The van der Waals surface area contributed by atoms with Gasteiger partial charge in [0.1, 0.15) is 0 Å². The summed E-state index contributed by atoms with van der Waals surface area (Å²) in [4.78, 5) is 13.2. The van der Waals surface area contributed by atoms with Crippen molar-refractivity contribution < 1.29 is 18.0 Å². The molecule has 0 saturated heterocycles. The van der Waals surface area contributed by atoms with E-state index in [1.54, 1.807) is 0 Å². The third kappa shape index (κ3) is 4.33. The van der Waals surface area contributed by atoms with Gasteiger partial charge in [0, 0.05) is 24.7 Å². The SMILES string of the molecule is CCC(C)NCC(=O)N1CC=C(C(F)(F)F)CC1. The van der Waals surface area contributed by atoms with Crippen molar-refractivity contribution in [3.8, 4) is 0 Å². The van der Waals surface area contributed by atoms with Crippen molar-refractivity contribution in [2.75, 3.05) is 19.6 Å². The van der Waals surface area contributed by atoms with Crippen molar-refractivity contribution in [3.05, 3.63) is 11.6 Å². The van der Waals surface area contributed by atoms with Gasteiger partial charge in [-0.3, -0.25) is 4.79 Å². The highest BCUT2D eigenvalue weighted by molar-refractivity contribution is 5.78. The molecule has 0 aliphatic carbocycles. The molecule has 0 aromatic heterocycles. The van der Waals surface area contributed by atoms with Crippen LogP contribution in [0.4, 0.5) is 13.2 Å². The molecule has 1 unspecified atom stereocenters. The van der Waals surface area contributed by atoms with Crippen LogP contribution < -0.4 is 5.32 Å². The summed E-state index contributed by atoms with van der Waals surface area (Å²) < 4.78 is 37.2. The second-order valence-corrected chi connectivity index (χ2v) is 4.51. The monoisotopic (exact) mass is 264 g/mol. The van der Waals surface area contributed by atoms with Crippen LogP contribution in [0.3, 0.4) is 0 Å². The maximum absolute atomic E-state index is 12.4. The molecule has 0 spiro atoms. The number of halogens is 3. The Morgan fingerprint density at radius 2 is 2.22 bits per heavy atom. The number of hydrogen-bond donors (Lipinski definition) is 1. The lowest BCUT2D eigenvalue weighted by Gasteiger charge is -2.27. The molecule has 0 aromatic rings. The van der Waals surface area contributed by atoms with E-state index in [0.717, 1.165) is 12.5 Å². The standard InChI is InChI=1S/C12H19F3N2O/c1-3-9(2)16-8-11(18)17-6-4-10(5-7-17)12(13,14)15/h4,9,16H,3,5-8H2,1-2H3. The largest absolute Gasteiger partial charge is 0.412 e. The van der Waals surface area contributed by atoms with Crippen LogP contribution in [0.5, 0.6) is 0 Å². The lowest BCUT2D eigenvalue weighted by atomic mass is 10.1. The third-order valence-corrected chi connectivity index (χ3v) is 3.14. The van der Waals surface area contributed by atoms with Gasteiger partial charge in [-0.25, -0.2) is 0 Å². The number of hydrogen-bond acceptors (Lipinski definition) is 2. The molecule has 0 aromatic carbocycles. The molecule has 1 atom stereocenters. The number of nitrogens with zero attached hydrogens (tertiary/aromatic N) is 1. The third-order valence-electron chi connectivity index (χ3n) is 3.14. The van der Waals surface area contributed by atoms with Crippen molar-refractivity contribution in [2.24, 2.45) is 0 Å². The molecule has 18 heavy (non-hydrogen) atoms. The topological polar surface area (TPSA) is 32.3 Å². The summed E-state index contributed by atoms with van der Waals surface area (Å²) in [5, 5.41) is 3.04. The lowest BCUT2D eigenvalue weighted by molar-refractivity contribution is -0.131. The molecule has 6 heteroatoms. The van der Waals surface area contributed by atoms with Crippen molar-refractivity contribution >= 4 is 5.91 Å². The summed E-state index contributed by atoms with van der Waals surface area (Å²) in [5.74, 6) is -0.146. The Bertz CT molecular complexity index is 326. The average molecular weight is 264 g/mol. The maximum atomic E-state index is 12.4. The lowest BCUT2D eigenvalue weighted by Crippen LogP contribution is -2.43. The van der Waals surface area contributed by atoms with Crippen LogP contribution in [0.25, 0.3) is 0 Å². The van der Waals surface area contributed by atoms with Crippen molar-refractivity contribution in [1.82, 2.24) is 10.2 Å². The number of carbonyl (C=O) groups is 1. The zero-order valence-electron chi connectivity index (χ0n) is 10.7. The van der Waals surface area contributed by atoms with Crippen LogP contribution >= 0.6 is 0 Å². The molecular formula is C12H19F3N2O. The van der Waals surface area contributed by atoms with Crippen LogP contribution in [0.2, 0.25) is 0 Å². The van der Waals surface area contributed by atoms with E-state index in [4.69, 9.17) is 0 Å². The summed E-state index contributed by atoms with van der Waals surface area (Å²) in [5.41, 5.74) is -0.526. The second kappa shape index (κ2) is 6.22. The van der Waals surface area contributed by atoms with Gasteiger partial charge in [0.15, 0.2) is 0 Å². The molecule has 1 N–H and O–H groups in total. The minimum Gasteiger partial charge on any atom is -0.338 e. The molecule has 1 aliphatic rings. The fraction of sp³-hybridized carbons (Fsp3) is 0.750. The van der Waals surface area contributed by atoms with Crippen molar-refractivity contribution in [1.29, 1.82) is 0 Å². The van der Waals surface area contributed by atoms with Crippen LogP contribution in [-0.4, -0.2) is 42.7 Å². The fourth-order valence-electron chi connectivity index (χ4n) is 1.67. The molecule has 104 valence electrons. The highest BCUT2D eigenvalue weighted by Crippen LogP contribution is 2.29. The van der Waals surface area contributed by atoms with E-state index in [1.165, 1.54) is 4.90 Å². The first kappa shape index (κ1) is 15.0. The van der Waals surface area contributed by atoms with E-state index in [-0.39, 0.29) is 38.0 Å². The van der Waals surface area contributed by atoms with E-state index in [9.17, 15) is 18.0 Å². The quantitative estimate of drug-likeness (QED) is 0.789. The number of rotatable bonds is 4. The minimum absolute atomic E-state index is 0.0515. The van der Waals surface area contributed by atoms with Gasteiger partial charge in [-0.1, -0.05) is 13.0 Å². The zero-order chi connectivity index (χ0) is 13.8. The van der Waals surface area contributed by atoms with Crippen LogP contribution in [0, 0.1) is 0 Å². The molecule has 3 nitrogen and oxygen atoms in total. The molecule has 1 rings (SSSR count). The number of amides is 1. The smallest absolute Gasteiger partial charge is 0.338 e. The molecule has 0 saturated carbocycles. The first-order valence-electron chi connectivity index (χ1n) is 6.12. The second-order valence-electron chi connectivity index (χ2n) is 4.51. The van der Waals surface area contributed by atoms with Gasteiger partial charge in [-0.15, -0.1) is 0 Å². The Hall–Kier alpha value is -1.04. The molecule has 0 fully saturated rings. The first-order valence-corrected chi connectivity index (χ1v) is 6.12. The van der Waals surface area contributed by atoms with Crippen molar-refractivity contribution in [2.45, 2.75) is 38.9 Å². The van der Waals surface area contributed by atoms with E-state index in [2.05, 4.69) is 5.32 Å². The summed E-state index contributed by atoms with van der Waals surface area (Å²) in [6, 6.07) is 0.236. The summed E-state index contributed by atoms with van der Waals surface area (Å²) in [6.45, 7) is 4.35. The van der Waals surface area contributed by atoms with Gasteiger partial charge >= 0.3 is 6.18 Å². The van der Waals surface area contributed by atoms with E-state index in [1.807, 2.05) is 13.8 Å². The van der Waals surface area contributed by atoms with Gasteiger partial charge in [-0.05, 0) is 19.8 Å². The highest BCUT2D eigenvalue weighted by atomic mass is 19.4. The Labute approximate surface area is 105 Å². The van der Waals surface area contributed by atoms with Crippen LogP contribution in [-0.2, 0) is 4.79 Å². The molecule has 0 bridgehead atoms. The molecule has 0 radical (unpaired) electrons. The Balaban J connectivity index is 2.43. The van der Waals surface area contributed by atoms with Gasteiger partial charge in [-0.2, -0.15) is 13.2 Å². The maximum Gasteiger partial charge on any atom is 0.412 e. The predicted molar refractivity (Wildman–Crippen MR) is 63.1 cm³/mol. The van der Waals surface area contributed by atoms with E-state index < -0.39 is 11.7 Å². The van der Waals surface area contributed by atoms with Gasteiger partial charge in [0.2, 0.25) is 5.91 Å². The Kier molecular flexibility index (Phi) is 5.19.